The molecule has 0 saturated carbocycles. The van der Waals surface area contributed by atoms with Crippen LogP contribution in [-0.4, -0.2) is 27.7 Å². The molecular formula is C21H14O5. The van der Waals surface area contributed by atoms with Crippen molar-refractivity contribution in [3.05, 3.63) is 101 Å². The first-order chi connectivity index (χ1) is 12.5. The SMILES string of the molecule is O=C(O)c1ccc(C(=O)c2cccc(C(=O)c3ccc(O)cc3)c2)cc1. The van der Waals surface area contributed by atoms with E-state index in [1.54, 1.807) is 18.2 Å². The molecule has 3 aromatic carbocycles. The highest BCUT2D eigenvalue weighted by molar-refractivity contribution is 6.13. The third-order valence-corrected chi connectivity index (χ3v) is 3.91. The van der Waals surface area contributed by atoms with Gasteiger partial charge in [-0.1, -0.05) is 30.3 Å². The molecule has 3 aromatic rings. The Morgan fingerprint density at radius 1 is 0.577 bits per heavy atom. The van der Waals surface area contributed by atoms with Gasteiger partial charge in [-0.3, -0.25) is 9.59 Å². The average Bonchev–Trinajstić information content (AvgIpc) is 2.67. The number of carboxylic acid groups (broad SMARTS) is 1. The smallest absolute Gasteiger partial charge is 0.335 e. The summed E-state index contributed by atoms with van der Waals surface area (Å²) in [6.07, 6.45) is 0. The lowest BCUT2D eigenvalue weighted by molar-refractivity contribution is 0.0696. The maximum atomic E-state index is 12.6. The van der Waals surface area contributed by atoms with Crippen LogP contribution in [0.3, 0.4) is 0 Å². The number of hydrogen-bond donors (Lipinski definition) is 2. The van der Waals surface area contributed by atoms with Crippen molar-refractivity contribution in [3.63, 3.8) is 0 Å². The molecule has 0 atom stereocenters. The second-order valence-corrected chi connectivity index (χ2v) is 5.67. The van der Waals surface area contributed by atoms with Gasteiger partial charge in [0.25, 0.3) is 0 Å². The van der Waals surface area contributed by atoms with Crippen LogP contribution in [0.2, 0.25) is 0 Å². The molecule has 5 heteroatoms. The second-order valence-electron chi connectivity index (χ2n) is 5.67. The summed E-state index contributed by atoms with van der Waals surface area (Å²) >= 11 is 0. The Kier molecular flexibility index (Phi) is 4.62. The van der Waals surface area contributed by atoms with Gasteiger partial charge in [0, 0.05) is 22.3 Å². The van der Waals surface area contributed by atoms with E-state index >= 15 is 0 Å². The summed E-state index contributed by atoms with van der Waals surface area (Å²) in [4.78, 5) is 36.0. The van der Waals surface area contributed by atoms with Crippen LogP contribution in [0.25, 0.3) is 0 Å². The van der Waals surface area contributed by atoms with Crippen molar-refractivity contribution in [2.75, 3.05) is 0 Å². The summed E-state index contributed by atoms with van der Waals surface area (Å²) < 4.78 is 0. The van der Waals surface area contributed by atoms with E-state index in [1.807, 2.05) is 0 Å². The molecule has 0 radical (unpaired) electrons. The summed E-state index contributed by atoms with van der Waals surface area (Å²) in [5.74, 6) is -1.57. The maximum Gasteiger partial charge on any atom is 0.335 e. The van der Waals surface area contributed by atoms with Gasteiger partial charge in [0.05, 0.1) is 5.56 Å². The molecule has 0 unspecified atom stereocenters. The van der Waals surface area contributed by atoms with Crippen LogP contribution in [0.1, 0.15) is 42.2 Å². The molecule has 0 heterocycles. The van der Waals surface area contributed by atoms with E-state index in [0.29, 0.717) is 22.3 Å². The minimum absolute atomic E-state index is 0.0651. The molecule has 3 rings (SSSR count). The molecule has 5 nitrogen and oxygen atoms in total. The molecule has 0 aliphatic heterocycles. The van der Waals surface area contributed by atoms with E-state index in [0.717, 1.165) is 0 Å². The van der Waals surface area contributed by atoms with E-state index in [-0.39, 0.29) is 22.9 Å². The van der Waals surface area contributed by atoms with Crippen molar-refractivity contribution in [2.45, 2.75) is 0 Å². The van der Waals surface area contributed by atoms with Crippen molar-refractivity contribution >= 4 is 17.5 Å². The first-order valence-corrected chi connectivity index (χ1v) is 7.77. The van der Waals surface area contributed by atoms with Crippen LogP contribution >= 0.6 is 0 Å². The molecule has 0 fully saturated rings. The van der Waals surface area contributed by atoms with E-state index < -0.39 is 5.97 Å². The Labute approximate surface area is 149 Å². The van der Waals surface area contributed by atoms with Crippen LogP contribution < -0.4 is 0 Å². The van der Waals surface area contributed by atoms with Gasteiger partial charge in [-0.15, -0.1) is 0 Å². The first-order valence-electron chi connectivity index (χ1n) is 7.77. The van der Waals surface area contributed by atoms with E-state index in [1.165, 1.54) is 54.6 Å². The molecule has 0 aromatic heterocycles. The molecule has 0 aliphatic rings. The fourth-order valence-corrected chi connectivity index (χ4v) is 2.51. The number of carboxylic acids is 1. The summed E-state index contributed by atoms with van der Waals surface area (Å²) in [5.41, 5.74) is 1.52. The first kappa shape index (κ1) is 17.1. The largest absolute Gasteiger partial charge is 0.508 e. The molecule has 128 valence electrons. The molecule has 2 N–H and O–H groups in total. The zero-order chi connectivity index (χ0) is 18.7. The zero-order valence-corrected chi connectivity index (χ0v) is 13.5. The molecule has 0 spiro atoms. The Morgan fingerprint density at radius 3 is 1.46 bits per heavy atom. The number of aromatic carboxylic acids is 1. The number of ketones is 2. The number of hydrogen-bond acceptors (Lipinski definition) is 4. The van der Waals surface area contributed by atoms with Crippen LogP contribution in [0.5, 0.6) is 5.75 Å². The number of carbonyl (C=O) groups is 3. The average molecular weight is 346 g/mol. The number of phenolic OH excluding ortho intramolecular Hbond substituents is 1. The van der Waals surface area contributed by atoms with E-state index in [9.17, 15) is 19.5 Å². The standard InChI is InChI=1S/C21H14O5/c22-18-10-8-14(9-11-18)20(24)17-3-1-2-16(12-17)19(23)13-4-6-15(7-5-13)21(25)26/h1-12,22H,(H,25,26). The van der Waals surface area contributed by atoms with Crippen molar-refractivity contribution < 1.29 is 24.6 Å². The normalized spacial score (nSPS) is 10.3. The Morgan fingerprint density at radius 2 is 1.00 bits per heavy atom. The fourth-order valence-electron chi connectivity index (χ4n) is 2.51. The molecule has 26 heavy (non-hydrogen) atoms. The summed E-state index contributed by atoms with van der Waals surface area (Å²) in [6.45, 7) is 0. The van der Waals surface area contributed by atoms with Gasteiger partial charge in [-0.2, -0.15) is 0 Å². The summed E-state index contributed by atoms with van der Waals surface area (Å²) in [6, 6.07) is 17.8. The number of benzene rings is 3. The monoisotopic (exact) mass is 346 g/mol. The predicted octanol–water partition coefficient (Wildman–Crippen LogP) is 3.55. The highest BCUT2D eigenvalue weighted by Gasteiger charge is 2.14. The second kappa shape index (κ2) is 7.03. The number of phenols is 1. The highest BCUT2D eigenvalue weighted by Crippen LogP contribution is 2.17. The van der Waals surface area contributed by atoms with E-state index in [2.05, 4.69) is 0 Å². The third kappa shape index (κ3) is 3.52. The Balaban J connectivity index is 1.88. The van der Waals surface area contributed by atoms with E-state index in [4.69, 9.17) is 5.11 Å². The van der Waals surface area contributed by atoms with Crippen molar-refractivity contribution in [1.82, 2.24) is 0 Å². The molecular weight excluding hydrogens is 332 g/mol. The predicted molar refractivity (Wildman–Crippen MR) is 94.8 cm³/mol. The lowest BCUT2D eigenvalue weighted by Gasteiger charge is -2.06. The summed E-state index contributed by atoms with van der Waals surface area (Å²) in [5, 5.41) is 18.2. The number of carbonyl (C=O) groups excluding carboxylic acids is 2. The van der Waals surface area contributed by atoms with Crippen molar-refractivity contribution in [1.29, 1.82) is 0 Å². The Hall–Kier alpha value is -3.73. The van der Waals surface area contributed by atoms with Crippen LogP contribution in [-0.2, 0) is 0 Å². The fraction of sp³-hybridized carbons (Fsp3) is 0. The number of aromatic hydroxyl groups is 1. The van der Waals surface area contributed by atoms with Crippen molar-refractivity contribution in [2.24, 2.45) is 0 Å². The van der Waals surface area contributed by atoms with Gasteiger partial charge < -0.3 is 10.2 Å². The highest BCUT2D eigenvalue weighted by atomic mass is 16.4. The minimum Gasteiger partial charge on any atom is -0.508 e. The molecule has 0 saturated heterocycles. The van der Waals surface area contributed by atoms with Crippen LogP contribution in [0.4, 0.5) is 0 Å². The van der Waals surface area contributed by atoms with Crippen LogP contribution in [0, 0.1) is 0 Å². The quantitative estimate of drug-likeness (QED) is 0.689. The third-order valence-electron chi connectivity index (χ3n) is 3.91. The molecule has 0 bridgehead atoms. The van der Waals surface area contributed by atoms with Crippen LogP contribution in [0.15, 0.2) is 72.8 Å². The van der Waals surface area contributed by atoms with Crippen molar-refractivity contribution in [3.8, 4) is 5.75 Å². The molecule has 0 amide bonds. The van der Waals surface area contributed by atoms with Gasteiger partial charge in [-0.25, -0.2) is 4.79 Å². The summed E-state index contributed by atoms with van der Waals surface area (Å²) in [7, 11) is 0. The van der Waals surface area contributed by atoms with Gasteiger partial charge in [0.1, 0.15) is 5.75 Å². The zero-order valence-electron chi connectivity index (χ0n) is 13.5. The van der Waals surface area contributed by atoms with Gasteiger partial charge in [0.2, 0.25) is 0 Å². The Bertz CT molecular complexity index is 986. The minimum atomic E-state index is -1.06. The van der Waals surface area contributed by atoms with Gasteiger partial charge in [0.15, 0.2) is 11.6 Å². The molecule has 0 aliphatic carbocycles. The van der Waals surface area contributed by atoms with Gasteiger partial charge in [-0.05, 0) is 42.5 Å². The lowest BCUT2D eigenvalue weighted by atomic mass is 9.97. The number of rotatable bonds is 5. The topological polar surface area (TPSA) is 91.7 Å². The maximum absolute atomic E-state index is 12.6. The lowest BCUT2D eigenvalue weighted by Crippen LogP contribution is -2.06. The van der Waals surface area contributed by atoms with Gasteiger partial charge >= 0.3 is 5.97 Å².